The van der Waals surface area contributed by atoms with E-state index in [1.54, 1.807) is 4.90 Å². The first-order chi connectivity index (χ1) is 7.36. The van der Waals surface area contributed by atoms with Gasteiger partial charge in [-0.3, -0.25) is 9.69 Å². The van der Waals surface area contributed by atoms with E-state index in [2.05, 4.69) is 4.98 Å². The van der Waals surface area contributed by atoms with Gasteiger partial charge in [-0.1, -0.05) is 18.2 Å². The molecule has 1 aliphatic heterocycles. The van der Waals surface area contributed by atoms with Gasteiger partial charge in [-0.15, -0.1) is 0 Å². The Kier molecular flexibility index (Phi) is 1.65. The highest BCUT2D eigenvalue weighted by Crippen LogP contribution is 2.33. The summed E-state index contributed by atoms with van der Waals surface area (Å²) in [6, 6.07) is 11.7. The van der Waals surface area contributed by atoms with E-state index in [1.165, 1.54) is 0 Å². The van der Waals surface area contributed by atoms with Crippen LogP contribution in [-0.4, -0.2) is 10.9 Å². The zero-order valence-electron chi connectivity index (χ0n) is 8.10. The highest BCUT2D eigenvalue weighted by molar-refractivity contribution is 6.06. The highest BCUT2D eigenvalue weighted by atomic mass is 16.2. The predicted octanol–water partition coefficient (Wildman–Crippen LogP) is 2.24. The Morgan fingerprint density at radius 2 is 2.00 bits per heavy atom. The van der Waals surface area contributed by atoms with Crippen molar-refractivity contribution in [1.82, 2.24) is 4.98 Å². The van der Waals surface area contributed by atoms with Gasteiger partial charge in [0, 0.05) is 6.20 Å². The summed E-state index contributed by atoms with van der Waals surface area (Å²) in [5.74, 6) is 0.962. The number of nitrogens with one attached hydrogen (secondary N) is 1. The van der Waals surface area contributed by atoms with Crippen LogP contribution >= 0.6 is 0 Å². The van der Waals surface area contributed by atoms with Crippen molar-refractivity contribution in [2.75, 3.05) is 4.90 Å². The van der Waals surface area contributed by atoms with E-state index in [4.69, 9.17) is 0 Å². The number of nitrogens with zero attached hydrogens (tertiary/aromatic N) is 1. The second-order valence-corrected chi connectivity index (χ2v) is 3.59. The fraction of sp³-hybridized carbons (Fsp3) is 0.0833. The monoisotopic (exact) mass is 198 g/mol. The second-order valence-electron chi connectivity index (χ2n) is 3.59. The summed E-state index contributed by atoms with van der Waals surface area (Å²) in [5, 5.41) is 0. The number of carbonyl (C=O) groups excluding carboxylic acids is 1. The van der Waals surface area contributed by atoms with Gasteiger partial charge < -0.3 is 4.98 Å². The number of aromatic nitrogens is 1. The number of fused-ring (bicyclic) bond motifs is 1. The lowest BCUT2D eigenvalue weighted by atomic mass is 10.2. The molecule has 0 radical (unpaired) electrons. The summed E-state index contributed by atoms with van der Waals surface area (Å²) in [6.07, 6.45) is 2.32. The molecule has 1 aliphatic rings. The fourth-order valence-corrected chi connectivity index (χ4v) is 1.98. The highest BCUT2D eigenvalue weighted by Gasteiger charge is 2.28. The SMILES string of the molecule is O=C1Cc2ccccc2N1c1ccc[nH]1. The minimum Gasteiger partial charge on any atom is -0.348 e. The summed E-state index contributed by atoms with van der Waals surface area (Å²) in [4.78, 5) is 16.6. The molecule has 0 aliphatic carbocycles. The third-order valence-electron chi connectivity index (χ3n) is 2.65. The molecule has 15 heavy (non-hydrogen) atoms. The molecule has 3 rings (SSSR count). The molecule has 0 spiro atoms. The van der Waals surface area contributed by atoms with Crippen LogP contribution in [0, 0.1) is 0 Å². The van der Waals surface area contributed by atoms with Crippen molar-refractivity contribution in [3.63, 3.8) is 0 Å². The third kappa shape index (κ3) is 1.16. The maximum atomic E-state index is 11.8. The summed E-state index contributed by atoms with van der Waals surface area (Å²) in [5.41, 5.74) is 2.09. The van der Waals surface area contributed by atoms with Gasteiger partial charge in [0.25, 0.3) is 0 Å². The molecule has 0 unspecified atom stereocenters. The van der Waals surface area contributed by atoms with Crippen LogP contribution in [0.4, 0.5) is 11.5 Å². The van der Waals surface area contributed by atoms with Gasteiger partial charge in [-0.05, 0) is 23.8 Å². The molecule has 1 amide bonds. The lowest BCUT2D eigenvalue weighted by Crippen LogP contribution is -2.20. The van der Waals surface area contributed by atoms with Gasteiger partial charge in [-0.2, -0.15) is 0 Å². The summed E-state index contributed by atoms with van der Waals surface area (Å²) in [7, 11) is 0. The molecule has 0 atom stereocenters. The Morgan fingerprint density at radius 3 is 2.80 bits per heavy atom. The Labute approximate surface area is 87.3 Å². The Morgan fingerprint density at radius 1 is 1.13 bits per heavy atom. The minimum absolute atomic E-state index is 0.124. The van der Waals surface area contributed by atoms with Gasteiger partial charge >= 0.3 is 0 Å². The van der Waals surface area contributed by atoms with E-state index in [-0.39, 0.29) is 5.91 Å². The van der Waals surface area contributed by atoms with Gasteiger partial charge in [0.05, 0.1) is 12.1 Å². The summed E-state index contributed by atoms with van der Waals surface area (Å²) < 4.78 is 0. The van der Waals surface area contributed by atoms with E-state index < -0.39 is 0 Å². The van der Waals surface area contributed by atoms with E-state index in [0.717, 1.165) is 17.1 Å². The molecule has 3 nitrogen and oxygen atoms in total. The molecule has 1 aromatic carbocycles. The topological polar surface area (TPSA) is 36.1 Å². The molecule has 0 saturated carbocycles. The normalized spacial score (nSPS) is 14.4. The van der Waals surface area contributed by atoms with Crippen LogP contribution in [0.15, 0.2) is 42.6 Å². The molecule has 3 heteroatoms. The summed E-state index contributed by atoms with van der Waals surface area (Å²) in [6.45, 7) is 0. The molecule has 1 N–H and O–H groups in total. The van der Waals surface area contributed by atoms with Crippen molar-refractivity contribution in [3.05, 3.63) is 48.2 Å². The molecule has 0 saturated heterocycles. The number of aromatic amines is 1. The van der Waals surface area contributed by atoms with Gasteiger partial charge in [0.1, 0.15) is 5.82 Å². The lowest BCUT2D eigenvalue weighted by molar-refractivity contribution is -0.116. The number of rotatable bonds is 1. The first-order valence-electron chi connectivity index (χ1n) is 4.90. The Hall–Kier alpha value is -2.03. The van der Waals surface area contributed by atoms with Crippen LogP contribution in [0.3, 0.4) is 0 Å². The average molecular weight is 198 g/mol. The number of carbonyl (C=O) groups is 1. The van der Waals surface area contributed by atoms with Crippen LogP contribution < -0.4 is 4.90 Å². The van der Waals surface area contributed by atoms with Gasteiger partial charge in [0.15, 0.2) is 0 Å². The Balaban J connectivity index is 2.14. The fourth-order valence-electron chi connectivity index (χ4n) is 1.98. The second kappa shape index (κ2) is 2.98. The van der Waals surface area contributed by atoms with Crippen molar-refractivity contribution in [1.29, 1.82) is 0 Å². The molecule has 74 valence electrons. The number of anilines is 2. The van der Waals surface area contributed by atoms with Gasteiger partial charge in [-0.25, -0.2) is 0 Å². The molecule has 0 fully saturated rings. The molecular weight excluding hydrogens is 188 g/mol. The summed E-state index contributed by atoms with van der Waals surface area (Å²) >= 11 is 0. The third-order valence-corrected chi connectivity index (χ3v) is 2.65. The predicted molar refractivity (Wildman–Crippen MR) is 58.1 cm³/mol. The largest absolute Gasteiger partial charge is 0.348 e. The molecule has 1 aromatic heterocycles. The molecule has 2 aromatic rings. The standard InChI is InChI=1S/C12H10N2O/c15-12-8-9-4-1-2-5-10(9)14(12)11-6-3-7-13-11/h1-7,13H,8H2. The number of benzene rings is 1. The zero-order chi connectivity index (χ0) is 10.3. The van der Waals surface area contributed by atoms with Crippen molar-refractivity contribution in [3.8, 4) is 0 Å². The minimum atomic E-state index is 0.124. The van der Waals surface area contributed by atoms with Crippen molar-refractivity contribution in [2.24, 2.45) is 0 Å². The van der Waals surface area contributed by atoms with Crippen molar-refractivity contribution >= 4 is 17.4 Å². The maximum Gasteiger partial charge on any atom is 0.237 e. The number of amides is 1. The van der Waals surface area contributed by atoms with E-state index in [1.807, 2.05) is 42.6 Å². The van der Waals surface area contributed by atoms with Crippen molar-refractivity contribution < 1.29 is 4.79 Å². The van der Waals surface area contributed by atoms with Crippen LogP contribution in [0.25, 0.3) is 0 Å². The quantitative estimate of drug-likeness (QED) is 0.749. The van der Waals surface area contributed by atoms with E-state index >= 15 is 0 Å². The molecule has 2 heterocycles. The first kappa shape index (κ1) is 8.29. The smallest absolute Gasteiger partial charge is 0.237 e. The zero-order valence-corrected chi connectivity index (χ0v) is 8.10. The first-order valence-corrected chi connectivity index (χ1v) is 4.90. The van der Waals surface area contributed by atoms with Gasteiger partial charge in [0.2, 0.25) is 5.91 Å². The van der Waals surface area contributed by atoms with E-state index in [9.17, 15) is 4.79 Å². The van der Waals surface area contributed by atoms with Crippen LogP contribution in [0.5, 0.6) is 0 Å². The van der Waals surface area contributed by atoms with Crippen LogP contribution in [0.1, 0.15) is 5.56 Å². The van der Waals surface area contributed by atoms with Crippen LogP contribution in [0.2, 0.25) is 0 Å². The van der Waals surface area contributed by atoms with Crippen LogP contribution in [-0.2, 0) is 11.2 Å². The number of para-hydroxylation sites is 1. The number of hydrogen-bond donors (Lipinski definition) is 1. The van der Waals surface area contributed by atoms with Crippen molar-refractivity contribution in [2.45, 2.75) is 6.42 Å². The lowest BCUT2D eigenvalue weighted by Gasteiger charge is -2.14. The average Bonchev–Trinajstić information content (AvgIpc) is 2.82. The Bertz CT molecular complexity index is 502. The maximum absolute atomic E-state index is 11.8. The van der Waals surface area contributed by atoms with E-state index in [0.29, 0.717) is 6.42 Å². The molecule has 0 bridgehead atoms. The number of hydrogen-bond acceptors (Lipinski definition) is 1. The number of H-pyrrole nitrogens is 1. The molecular formula is C12H10N2O.